The van der Waals surface area contributed by atoms with Gasteiger partial charge in [-0.2, -0.15) is 0 Å². The van der Waals surface area contributed by atoms with E-state index >= 15 is 0 Å². The fourth-order valence-corrected chi connectivity index (χ4v) is 3.16. The molecule has 0 atom stereocenters. The van der Waals surface area contributed by atoms with Gasteiger partial charge in [-0.05, 0) is 42.0 Å². The summed E-state index contributed by atoms with van der Waals surface area (Å²) in [6.45, 7) is -0.124. The summed E-state index contributed by atoms with van der Waals surface area (Å²) in [7, 11) is 0. The minimum absolute atomic E-state index is 0.0890. The van der Waals surface area contributed by atoms with Crippen molar-refractivity contribution in [1.82, 2.24) is 0 Å². The molecule has 3 aromatic carbocycles. The van der Waals surface area contributed by atoms with E-state index < -0.39 is 22.7 Å². The molecule has 0 unspecified atom stereocenters. The molecule has 1 aliphatic heterocycles. The molecule has 3 aromatic rings. The van der Waals surface area contributed by atoms with Crippen molar-refractivity contribution in [3.8, 4) is 0 Å². The Labute approximate surface area is 170 Å². The van der Waals surface area contributed by atoms with E-state index in [9.17, 15) is 24.5 Å². The number of nitrogens with zero attached hydrogens (tertiary/aromatic N) is 2. The van der Waals surface area contributed by atoms with Crippen molar-refractivity contribution in [2.24, 2.45) is 0 Å². The van der Waals surface area contributed by atoms with Gasteiger partial charge in [0.1, 0.15) is 6.61 Å². The van der Waals surface area contributed by atoms with Crippen molar-refractivity contribution in [2.45, 2.75) is 6.61 Å². The molecule has 1 heterocycles. The Balaban J connectivity index is 1.46. The fraction of sp³-hybridized carbons (Fsp3) is 0.0455. The van der Waals surface area contributed by atoms with E-state index in [0.717, 1.165) is 4.90 Å². The van der Waals surface area contributed by atoms with Crippen LogP contribution in [-0.2, 0) is 11.3 Å². The van der Waals surface area contributed by atoms with Gasteiger partial charge in [0.25, 0.3) is 17.5 Å². The number of fused-ring (bicyclic) bond motifs is 1. The standard InChI is InChI=1S/C22H14N2O6/c25-20-18-6-1-2-7-19(18)21(26)23(20)16-10-8-15(9-11-16)22(27)30-13-14-4-3-5-17(12-14)24(28)29/h1-12H,13H2. The normalized spacial score (nSPS) is 12.6. The second-order valence-corrected chi connectivity index (χ2v) is 6.54. The van der Waals surface area contributed by atoms with Crippen molar-refractivity contribution in [3.05, 3.63) is 105 Å². The number of hydrogen-bond donors (Lipinski definition) is 0. The van der Waals surface area contributed by atoms with E-state index in [2.05, 4.69) is 0 Å². The SMILES string of the molecule is O=C(OCc1cccc([N+](=O)[O-])c1)c1ccc(N2C(=O)c3ccccc3C2=O)cc1. The Morgan fingerprint density at radius 1 is 0.900 bits per heavy atom. The van der Waals surface area contributed by atoms with Gasteiger partial charge in [0, 0.05) is 12.1 Å². The van der Waals surface area contributed by atoms with Crippen LogP contribution in [0.3, 0.4) is 0 Å². The molecule has 4 rings (SSSR count). The number of nitro benzene ring substituents is 1. The molecule has 0 fully saturated rings. The molecule has 2 amide bonds. The summed E-state index contributed by atoms with van der Waals surface area (Å²) in [6, 6.07) is 18.3. The lowest BCUT2D eigenvalue weighted by Crippen LogP contribution is -2.29. The van der Waals surface area contributed by atoms with Crippen LogP contribution < -0.4 is 4.90 Å². The molecule has 0 aliphatic carbocycles. The lowest BCUT2D eigenvalue weighted by Gasteiger charge is -2.14. The number of carbonyl (C=O) groups is 3. The average Bonchev–Trinajstić information content (AvgIpc) is 3.03. The van der Waals surface area contributed by atoms with Gasteiger partial charge in [-0.15, -0.1) is 0 Å². The number of carbonyl (C=O) groups excluding carboxylic acids is 3. The molecule has 0 saturated carbocycles. The number of hydrogen-bond acceptors (Lipinski definition) is 6. The number of imide groups is 1. The maximum atomic E-state index is 12.5. The van der Waals surface area contributed by atoms with E-state index in [-0.39, 0.29) is 17.9 Å². The Morgan fingerprint density at radius 2 is 1.53 bits per heavy atom. The van der Waals surface area contributed by atoms with Gasteiger partial charge in [0.15, 0.2) is 0 Å². The first-order valence-corrected chi connectivity index (χ1v) is 8.94. The van der Waals surface area contributed by atoms with Crippen LogP contribution in [0, 0.1) is 10.1 Å². The highest BCUT2D eigenvalue weighted by Gasteiger charge is 2.36. The Morgan fingerprint density at radius 3 is 2.13 bits per heavy atom. The van der Waals surface area contributed by atoms with Crippen LogP contribution in [0.5, 0.6) is 0 Å². The van der Waals surface area contributed by atoms with Gasteiger partial charge in [-0.25, -0.2) is 9.69 Å². The molecular weight excluding hydrogens is 388 g/mol. The van der Waals surface area contributed by atoms with Crippen LogP contribution >= 0.6 is 0 Å². The van der Waals surface area contributed by atoms with Gasteiger partial charge in [-0.1, -0.05) is 24.3 Å². The number of ether oxygens (including phenoxy) is 1. The van der Waals surface area contributed by atoms with Crippen molar-refractivity contribution in [1.29, 1.82) is 0 Å². The average molecular weight is 402 g/mol. The third-order valence-electron chi connectivity index (χ3n) is 4.65. The first-order valence-electron chi connectivity index (χ1n) is 8.94. The zero-order chi connectivity index (χ0) is 21.3. The zero-order valence-electron chi connectivity index (χ0n) is 15.5. The van der Waals surface area contributed by atoms with Crippen LogP contribution in [0.4, 0.5) is 11.4 Å². The molecule has 0 N–H and O–H groups in total. The lowest BCUT2D eigenvalue weighted by molar-refractivity contribution is -0.384. The van der Waals surface area contributed by atoms with Crippen LogP contribution in [0.2, 0.25) is 0 Å². The molecule has 8 nitrogen and oxygen atoms in total. The molecule has 8 heteroatoms. The first-order chi connectivity index (χ1) is 14.5. The molecule has 0 spiro atoms. The van der Waals surface area contributed by atoms with Gasteiger partial charge < -0.3 is 4.74 Å². The number of anilines is 1. The fourth-order valence-electron chi connectivity index (χ4n) is 3.16. The highest BCUT2D eigenvalue weighted by Crippen LogP contribution is 2.28. The number of benzene rings is 3. The highest BCUT2D eigenvalue weighted by atomic mass is 16.6. The second-order valence-electron chi connectivity index (χ2n) is 6.54. The second kappa shape index (κ2) is 7.59. The minimum Gasteiger partial charge on any atom is -0.457 e. The van der Waals surface area contributed by atoms with Crippen molar-refractivity contribution >= 4 is 29.2 Å². The third kappa shape index (κ3) is 3.42. The minimum atomic E-state index is -0.629. The van der Waals surface area contributed by atoms with E-state index in [1.165, 1.54) is 42.5 Å². The number of amides is 2. The molecule has 0 aromatic heterocycles. The predicted octanol–water partition coefficient (Wildman–Crippen LogP) is 3.75. The Hall–Kier alpha value is -4.33. The summed E-state index contributed by atoms with van der Waals surface area (Å²) in [5.74, 6) is -1.47. The van der Waals surface area contributed by atoms with Crippen molar-refractivity contribution in [3.63, 3.8) is 0 Å². The Kier molecular flexibility index (Phi) is 4.81. The monoisotopic (exact) mass is 402 g/mol. The van der Waals surface area contributed by atoms with Gasteiger partial charge in [0.2, 0.25) is 0 Å². The van der Waals surface area contributed by atoms with Gasteiger partial charge >= 0.3 is 5.97 Å². The molecule has 0 bridgehead atoms. The Bertz CT molecular complexity index is 1150. The van der Waals surface area contributed by atoms with E-state index in [1.807, 2.05) is 0 Å². The largest absolute Gasteiger partial charge is 0.457 e. The van der Waals surface area contributed by atoms with Gasteiger partial charge in [-0.3, -0.25) is 19.7 Å². The molecule has 148 valence electrons. The molecule has 0 radical (unpaired) electrons. The van der Waals surface area contributed by atoms with Crippen LogP contribution in [0.25, 0.3) is 0 Å². The summed E-state index contributed by atoms with van der Waals surface area (Å²) in [5, 5.41) is 10.8. The lowest BCUT2D eigenvalue weighted by atomic mass is 10.1. The number of rotatable bonds is 5. The third-order valence-corrected chi connectivity index (χ3v) is 4.65. The van der Waals surface area contributed by atoms with Crippen molar-refractivity contribution in [2.75, 3.05) is 4.90 Å². The maximum Gasteiger partial charge on any atom is 0.338 e. The summed E-state index contributed by atoms with van der Waals surface area (Å²) in [5.41, 5.74) is 1.64. The molecule has 0 saturated heterocycles. The predicted molar refractivity (Wildman–Crippen MR) is 106 cm³/mol. The number of non-ortho nitro benzene ring substituents is 1. The van der Waals surface area contributed by atoms with Crippen LogP contribution in [0.15, 0.2) is 72.8 Å². The topological polar surface area (TPSA) is 107 Å². The zero-order valence-corrected chi connectivity index (χ0v) is 15.5. The molecule has 1 aliphatic rings. The van der Waals surface area contributed by atoms with Crippen LogP contribution in [0.1, 0.15) is 36.6 Å². The first kappa shape index (κ1) is 19.0. The van der Waals surface area contributed by atoms with Gasteiger partial charge in [0.05, 0.1) is 27.3 Å². The van der Waals surface area contributed by atoms with E-state index in [0.29, 0.717) is 22.4 Å². The molecule has 30 heavy (non-hydrogen) atoms. The number of esters is 1. The smallest absolute Gasteiger partial charge is 0.338 e. The van der Waals surface area contributed by atoms with E-state index in [4.69, 9.17) is 4.74 Å². The molecular formula is C22H14N2O6. The maximum absolute atomic E-state index is 12.5. The summed E-state index contributed by atoms with van der Waals surface area (Å²) >= 11 is 0. The summed E-state index contributed by atoms with van der Waals surface area (Å²) in [4.78, 5) is 48.7. The van der Waals surface area contributed by atoms with Crippen LogP contribution in [-0.4, -0.2) is 22.7 Å². The van der Waals surface area contributed by atoms with E-state index in [1.54, 1.807) is 30.3 Å². The van der Waals surface area contributed by atoms with Crippen molar-refractivity contribution < 1.29 is 24.0 Å². The quantitative estimate of drug-likeness (QED) is 0.278. The highest BCUT2D eigenvalue weighted by molar-refractivity contribution is 6.34. The number of nitro groups is 1. The summed E-state index contributed by atoms with van der Waals surface area (Å²) in [6.07, 6.45) is 0. The summed E-state index contributed by atoms with van der Waals surface area (Å²) < 4.78 is 5.20.